The number of anilines is 2. The van der Waals surface area contributed by atoms with Crippen LogP contribution in [-0.2, 0) is 0 Å². The van der Waals surface area contributed by atoms with Crippen LogP contribution in [0.1, 0.15) is 37.7 Å². The van der Waals surface area contributed by atoms with Crippen molar-refractivity contribution in [3.05, 3.63) is 35.3 Å². The number of benzene rings is 1. The van der Waals surface area contributed by atoms with Crippen molar-refractivity contribution in [3.63, 3.8) is 0 Å². The smallest absolute Gasteiger partial charge is 0.270 e. The fraction of sp³-hybridized carbons (Fsp3) is 0.412. The molecule has 2 aromatic rings. The highest BCUT2D eigenvalue weighted by Gasteiger charge is 2.10. The van der Waals surface area contributed by atoms with Gasteiger partial charge in [-0.2, -0.15) is 0 Å². The van der Waals surface area contributed by atoms with Gasteiger partial charge in [0.25, 0.3) is 5.91 Å². The van der Waals surface area contributed by atoms with E-state index >= 15 is 0 Å². The third-order valence-electron chi connectivity index (χ3n) is 3.16. The van der Waals surface area contributed by atoms with Crippen LogP contribution in [0.4, 0.5) is 10.8 Å². The number of rotatable bonds is 8. The van der Waals surface area contributed by atoms with Crippen molar-refractivity contribution in [2.75, 3.05) is 18.5 Å². The van der Waals surface area contributed by atoms with Crippen LogP contribution < -0.4 is 15.4 Å². The van der Waals surface area contributed by atoms with Crippen molar-refractivity contribution in [3.8, 4) is 5.75 Å². The van der Waals surface area contributed by atoms with E-state index in [4.69, 9.17) is 4.74 Å². The molecule has 2 N–H and O–H groups in total. The first-order valence-corrected chi connectivity index (χ1v) is 8.70. The summed E-state index contributed by atoms with van der Waals surface area (Å²) < 4.78 is 5.41. The maximum atomic E-state index is 12.0. The van der Waals surface area contributed by atoms with E-state index in [2.05, 4.69) is 29.5 Å². The monoisotopic (exact) mass is 333 g/mol. The second-order valence-electron chi connectivity index (χ2n) is 5.56. The van der Waals surface area contributed by atoms with E-state index in [0.29, 0.717) is 29.9 Å². The third-order valence-corrected chi connectivity index (χ3v) is 3.92. The maximum absolute atomic E-state index is 12.0. The number of ether oxygens (including phenoxy) is 1. The summed E-state index contributed by atoms with van der Waals surface area (Å²) in [4.78, 5) is 16.3. The van der Waals surface area contributed by atoms with Crippen LogP contribution in [0, 0.1) is 5.92 Å². The Bertz CT molecular complexity index is 623. The van der Waals surface area contributed by atoms with Crippen LogP contribution in [-0.4, -0.2) is 24.0 Å². The number of aromatic nitrogens is 1. The zero-order valence-corrected chi connectivity index (χ0v) is 14.6. The van der Waals surface area contributed by atoms with E-state index in [1.54, 1.807) is 5.38 Å². The first-order chi connectivity index (χ1) is 11.1. The van der Waals surface area contributed by atoms with E-state index in [1.807, 2.05) is 31.2 Å². The lowest BCUT2D eigenvalue weighted by molar-refractivity contribution is 0.0948. The zero-order chi connectivity index (χ0) is 16.7. The quantitative estimate of drug-likeness (QED) is 0.764. The van der Waals surface area contributed by atoms with Gasteiger partial charge < -0.3 is 15.4 Å². The molecule has 0 aliphatic carbocycles. The third kappa shape index (κ3) is 5.56. The number of hydrogen-bond acceptors (Lipinski definition) is 5. The Morgan fingerprint density at radius 1 is 1.30 bits per heavy atom. The van der Waals surface area contributed by atoms with Crippen LogP contribution in [0.25, 0.3) is 0 Å². The van der Waals surface area contributed by atoms with Crippen LogP contribution in [0.5, 0.6) is 5.75 Å². The van der Waals surface area contributed by atoms with Crippen LogP contribution >= 0.6 is 11.3 Å². The summed E-state index contributed by atoms with van der Waals surface area (Å²) >= 11 is 1.41. The summed E-state index contributed by atoms with van der Waals surface area (Å²) in [5, 5.41) is 8.55. The molecule has 0 aliphatic rings. The normalized spacial score (nSPS) is 10.6. The molecule has 124 valence electrons. The second kappa shape index (κ2) is 8.53. The number of carbonyl (C=O) groups is 1. The number of hydrogen-bond donors (Lipinski definition) is 2. The van der Waals surface area contributed by atoms with Gasteiger partial charge in [-0.15, -0.1) is 11.3 Å². The van der Waals surface area contributed by atoms with Gasteiger partial charge in [0.2, 0.25) is 0 Å². The van der Waals surface area contributed by atoms with Gasteiger partial charge in [-0.1, -0.05) is 13.8 Å². The van der Waals surface area contributed by atoms with E-state index in [0.717, 1.165) is 17.9 Å². The topological polar surface area (TPSA) is 63.2 Å². The molecule has 1 aromatic heterocycles. The highest BCUT2D eigenvalue weighted by molar-refractivity contribution is 7.14. The number of carbonyl (C=O) groups excluding carboxylic acids is 1. The largest absolute Gasteiger partial charge is 0.494 e. The highest BCUT2D eigenvalue weighted by Crippen LogP contribution is 2.23. The highest BCUT2D eigenvalue weighted by atomic mass is 32.1. The Labute approximate surface area is 141 Å². The minimum absolute atomic E-state index is 0.123. The van der Waals surface area contributed by atoms with E-state index in [1.165, 1.54) is 11.3 Å². The molecule has 2 rings (SSSR count). The molecular weight excluding hydrogens is 310 g/mol. The van der Waals surface area contributed by atoms with Crippen molar-refractivity contribution in [2.24, 2.45) is 5.92 Å². The molecule has 0 spiro atoms. The fourth-order valence-electron chi connectivity index (χ4n) is 1.93. The first-order valence-electron chi connectivity index (χ1n) is 7.82. The zero-order valence-electron chi connectivity index (χ0n) is 13.8. The Balaban J connectivity index is 1.89. The predicted molar refractivity (Wildman–Crippen MR) is 94.8 cm³/mol. The van der Waals surface area contributed by atoms with E-state index in [-0.39, 0.29) is 5.91 Å². The molecule has 0 radical (unpaired) electrons. The summed E-state index contributed by atoms with van der Waals surface area (Å²) in [5.41, 5.74) is 1.36. The molecule has 6 heteroatoms. The SMILES string of the molecule is CCOc1ccc(Nc2nc(C(=O)NCCC(C)C)cs2)cc1. The molecule has 0 unspecified atom stereocenters. The van der Waals surface area contributed by atoms with Gasteiger partial charge >= 0.3 is 0 Å². The Kier molecular flexibility index (Phi) is 6.40. The van der Waals surface area contributed by atoms with Gasteiger partial charge in [-0.3, -0.25) is 4.79 Å². The summed E-state index contributed by atoms with van der Waals surface area (Å²) in [5.74, 6) is 1.28. The predicted octanol–water partition coefficient (Wildman–Crippen LogP) is 4.06. The molecule has 0 aliphatic heterocycles. The molecule has 0 saturated heterocycles. The Hall–Kier alpha value is -2.08. The Morgan fingerprint density at radius 3 is 2.70 bits per heavy atom. The molecule has 5 nitrogen and oxygen atoms in total. The van der Waals surface area contributed by atoms with Gasteiger partial charge in [0.15, 0.2) is 5.13 Å². The molecule has 0 atom stereocenters. The second-order valence-corrected chi connectivity index (χ2v) is 6.42. The minimum atomic E-state index is -0.123. The van der Waals surface area contributed by atoms with Crippen molar-refractivity contribution >= 4 is 28.1 Å². The standard InChI is InChI=1S/C17H23N3O2S/c1-4-22-14-7-5-13(6-8-14)19-17-20-15(11-23-17)16(21)18-10-9-12(2)3/h5-8,11-12H,4,9-10H2,1-3H3,(H,18,21)(H,19,20). The van der Waals surface area contributed by atoms with Gasteiger partial charge in [-0.25, -0.2) is 4.98 Å². The number of amides is 1. The van der Waals surface area contributed by atoms with Crippen molar-refractivity contribution < 1.29 is 9.53 Å². The number of thiazole rings is 1. The molecular formula is C17H23N3O2S. The maximum Gasteiger partial charge on any atom is 0.270 e. The minimum Gasteiger partial charge on any atom is -0.494 e. The van der Waals surface area contributed by atoms with Gasteiger partial charge in [0.05, 0.1) is 6.61 Å². The molecule has 23 heavy (non-hydrogen) atoms. The lowest BCUT2D eigenvalue weighted by Gasteiger charge is -2.06. The lowest BCUT2D eigenvalue weighted by atomic mass is 10.1. The van der Waals surface area contributed by atoms with E-state index < -0.39 is 0 Å². The molecule has 0 fully saturated rings. The number of nitrogens with zero attached hydrogens (tertiary/aromatic N) is 1. The summed E-state index contributed by atoms with van der Waals surface area (Å²) in [6, 6.07) is 7.65. The molecule has 1 amide bonds. The van der Waals surface area contributed by atoms with Gasteiger partial charge in [0, 0.05) is 17.6 Å². The van der Waals surface area contributed by atoms with Gasteiger partial charge in [0.1, 0.15) is 11.4 Å². The van der Waals surface area contributed by atoms with Gasteiger partial charge in [-0.05, 0) is 43.5 Å². The lowest BCUT2D eigenvalue weighted by Crippen LogP contribution is -2.25. The van der Waals surface area contributed by atoms with Crippen molar-refractivity contribution in [2.45, 2.75) is 27.2 Å². The van der Waals surface area contributed by atoms with Crippen molar-refractivity contribution in [1.82, 2.24) is 10.3 Å². The van der Waals surface area contributed by atoms with Crippen LogP contribution in [0.15, 0.2) is 29.6 Å². The summed E-state index contributed by atoms with van der Waals surface area (Å²) in [6.07, 6.45) is 0.965. The van der Waals surface area contributed by atoms with Crippen LogP contribution in [0.2, 0.25) is 0 Å². The Morgan fingerprint density at radius 2 is 2.04 bits per heavy atom. The first kappa shape index (κ1) is 17.3. The van der Waals surface area contributed by atoms with E-state index in [9.17, 15) is 4.79 Å². The molecule has 0 saturated carbocycles. The van der Waals surface area contributed by atoms with Crippen LogP contribution in [0.3, 0.4) is 0 Å². The average molecular weight is 333 g/mol. The van der Waals surface area contributed by atoms with Crippen molar-refractivity contribution in [1.29, 1.82) is 0 Å². The fourth-order valence-corrected chi connectivity index (χ4v) is 2.64. The molecule has 1 heterocycles. The molecule has 0 bridgehead atoms. The average Bonchev–Trinajstić information content (AvgIpc) is 2.98. The summed E-state index contributed by atoms with van der Waals surface area (Å²) in [6.45, 7) is 7.54. The summed E-state index contributed by atoms with van der Waals surface area (Å²) in [7, 11) is 0. The molecule has 1 aromatic carbocycles. The number of nitrogens with one attached hydrogen (secondary N) is 2.